The van der Waals surface area contributed by atoms with Crippen molar-refractivity contribution in [2.24, 2.45) is 0 Å². The van der Waals surface area contributed by atoms with Gasteiger partial charge in [0.05, 0.1) is 0 Å². The van der Waals surface area contributed by atoms with E-state index in [4.69, 9.17) is 5.73 Å². The van der Waals surface area contributed by atoms with Gasteiger partial charge in [0.15, 0.2) is 0 Å². The normalized spacial score (nSPS) is 10.9. The van der Waals surface area contributed by atoms with Gasteiger partial charge in [0.1, 0.15) is 5.01 Å². The van der Waals surface area contributed by atoms with Crippen LogP contribution in [0.1, 0.15) is 69.7 Å². The minimum Gasteiger partial charge on any atom is -0.374 e. The van der Waals surface area contributed by atoms with Gasteiger partial charge >= 0.3 is 0 Å². The fourth-order valence-electron chi connectivity index (χ4n) is 1.95. The third kappa shape index (κ3) is 7.31. The molecular weight excluding hydrogens is 230 g/mol. The van der Waals surface area contributed by atoms with Crippen LogP contribution in [0.25, 0.3) is 0 Å². The summed E-state index contributed by atoms with van der Waals surface area (Å²) >= 11 is 1.52. The summed E-state index contributed by atoms with van der Waals surface area (Å²) in [5, 5.41) is 9.53. The Morgan fingerprint density at radius 2 is 1.47 bits per heavy atom. The number of nitrogens with two attached hydrogens (primary N) is 1. The number of aryl methyl sites for hydroxylation is 1. The highest BCUT2D eigenvalue weighted by molar-refractivity contribution is 7.15. The predicted molar refractivity (Wildman–Crippen MR) is 75.3 cm³/mol. The van der Waals surface area contributed by atoms with E-state index in [0.717, 1.165) is 11.4 Å². The lowest BCUT2D eigenvalue weighted by Crippen LogP contribution is -1.86. The Kier molecular flexibility index (Phi) is 7.97. The zero-order valence-corrected chi connectivity index (χ0v) is 11.8. The van der Waals surface area contributed by atoms with Crippen LogP contribution in [-0.2, 0) is 6.42 Å². The van der Waals surface area contributed by atoms with Gasteiger partial charge in [-0.05, 0) is 6.42 Å². The highest BCUT2D eigenvalue weighted by Crippen LogP contribution is 2.15. The van der Waals surface area contributed by atoms with Crippen molar-refractivity contribution in [3.05, 3.63) is 5.01 Å². The van der Waals surface area contributed by atoms with E-state index >= 15 is 0 Å². The van der Waals surface area contributed by atoms with Crippen LogP contribution in [0.5, 0.6) is 0 Å². The minimum atomic E-state index is 0.593. The first-order valence-electron chi connectivity index (χ1n) is 6.90. The summed E-state index contributed by atoms with van der Waals surface area (Å²) in [6.45, 7) is 2.26. The molecule has 3 nitrogen and oxygen atoms in total. The molecule has 1 aromatic heterocycles. The van der Waals surface area contributed by atoms with Crippen molar-refractivity contribution in [3.8, 4) is 0 Å². The van der Waals surface area contributed by atoms with Crippen molar-refractivity contribution in [2.45, 2.75) is 71.1 Å². The van der Waals surface area contributed by atoms with Gasteiger partial charge in [-0.3, -0.25) is 0 Å². The van der Waals surface area contributed by atoms with Crippen molar-refractivity contribution in [2.75, 3.05) is 5.73 Å². The quantitative estimate of drug-likeness (QED) is 0.638. The molecule has 17 heavy (non-hydrogen) atoms. The van der Waals surface area contributed by atoms with Crippen LogP contribution in [0.3, 0.4) is 0 Å². The van der Waals surface area contributed by atoms with E-state index in [1.165, 1.54) is 69.1 Å². The molecule has 0 atom stereocenters. The number of nitrogen functional groups attached to an aromatic ring is 1. The Labute approximate surface area is 109 Å². The molecule has 0 aromatic carbocycles. The lowest BCUT2D eigenvalue weighted by atomic mass is 10.1. The van der Waals surface area contributed by atoms with E-state index in [-0.39, 0.29) is 0 Å². The number of unbranched alkanes of at least 4 members (excludes halogenated alkanes) is 8. The van der Waals surface area contributed by atoms with Crippen LogP contribution in [0.4, 0.5) is 5.13 Å². The lowest BCUT2D eigenvalue weighted by Gasteiger charge is -2.00. The summed E-state index contributed by atoms with van der Waals surface area (Å²) in [7, 11) is 0. The second kappa shape index (κ2) is 9.40. The van der Waals surface area contributed by atoms with E-state index < -0.39 is 0 Å². The van der Waals surface area contributed by atoms with E-state index in [0.29, 0.717) is 5.13 Å². The molecule has 0 bridgehead atoms. The molecule has 98 valence electrons. The van der Waals surface area contributed by atoms with Gasteiger partial charge in [-0.2, -0.15) is 0 Å². The smallest absolute Gasteiger partial charge is 0.203 e. The number of anilines is 1. The molecule has 0 saturated carbocycles. The number of hydrogen-bond donors (Lipinski definition) is 1. The number of hydrogen-bond acceptors (Lipinski definition) is 4. The second-order valence-corrected chi connectivity index (χ2v) is 5.71. The Morgan fingerprint density at radius 3 is 2.00 bits per heavy atom. The Hall–Kier alpha value is -0.640. The highest BCUT2D eigenvalue weighted by Gasteiger charge is 2.00. The van der Waals surface area contributed by atoms with E-state index in [1.807, 2.05) is 0 Å². The summed E-state index contributed by atoms with van der Waals surface area (Å²) in [5.74, 6) is 0. The fourth-order valence-corrected chi connectivity index (χ4v) is 2.61. The Bertz CT molecular complexity index is 286. The van der Waals surface area contributed by atoms with Gasteiger partial charge in [-0.25, -0.2) is 0 Å². The van der Waals surface area contributed by atoms with Crippen LogP contribution < -0.4 is 5.73 Å². The predicted octanol–water partition coefficient (Wildman–Crippen LogP) is 4.19. The average Bonchev–Trinajstić information content (AvgIpc) is 2.73. The van der Waals surface area contributed by atoms with Crippen molar-refractivity contribution >= 4 is 16.5 Å². The fraction of sp³-hybridized carbons (Fsp3) is 0.846. The SMILES string of the molecule is CCCCCCCCCCCc1nnc(N)s1. The average molecular weight is 255 g/mol. The molecule has 0 unspecified atom stereocenters. The van der Waals surface area contributed by atoms with Crippen LogP contribution in [0.2, 0.25) is 0 Å². The van der Waals surface area contributed by atoms with E-state index in [1.54, 1.807) is 0 Å². The summed E-state index contributed by atoms with van der Waals surface area (Å²) in [4.78, 5) is 0. The van der Waals surface area contributed by atoms with Gasteiger partial charge in [-0.15, -0.1) is 10.2 Å². The van der Waals surface area contributed by atoms with Gasteiger partial charge in [-0.1, -0.05) is 69.6 Å². The van der Waals surface area contributed by atoms with Crippen molar-refractivity contribution in [1.82, 2.24) is 10.2 Å². The molecule has 1 aromatic rings. The Morgan fingerprint density at radius 1 is 0.882 bits per heavy atom. The third-order valence-corrected chi connectivity index (χ3v) is 3.79. The van der Waals surface area contributed by atoms with Crippen LogP contribution in [-0.4, -0.2) is 10.2 Å². The zero-order valence-electron chi connectivity index (χ0n) is 11.0. The van der Waals surface area contributed by atoms with Crippen LogP contribution in [0.15, 0.2) is 0 Å². The topological polar surface area (TPSA) is 51.8 Å². The molecule has 1 heterocycles. The maximum absolute atomic E-state index is 5.53. The van der Waals surface area contributed by atoms with Gasteiger partial charge < -0.3 is 5.73 Å². The summed E-state index contributed by atoms with van der Waals surface area (Å²) in [6, 6.07) is 0. The molecule has 2 N–H and O–H groups in total. The number of rotatable bonds is 10. The number of nitrogens with zero attached hydrogens (tertiary/aromatic N) is 2. The maximum atomic E-state index is 5.53. The van der Waals surface area contributed by atoms with Crippen molar-refractivity contribution < 1.29 is 0 Å². The zero-order chi connectivity index (χ0) is 12.3. The molecule has 0 fully saturated rings. The molecule has 0 amide bonds. The maximum Gasteiger partial charge on any atom is 0.203 e. The molecule has 0 aliphatic heterocycles. The first-order valence-corrected chi connectivity index (χ1v) is 7.72. The summed E-state index contributed by atoms with van der Waals surface area (Å²) in [5.41, 5.74) is 5.53. The number of aromatic nitrogens is 2. The molecular formula is C13H25N3S. The largest absolute Gasteiger partial charge is 0.374 e. The molecule has 0 saturated heterocycles. The van der Waals surface area contributed by atoms with Crippen LogP contribution in [0, 0.1) is 0 Å². The molecule has 0 radical (unpaired) electrons. The lowest BCUT2D eigenvalue weighted by molar-refractivity contribution is 0.564. The van der Waals surface area contributed by atoms with Crippen molar-refractivity contribution in [3.63, 3.8) is 0 Å². The first kappa shape index (κ1) is 14.4. The third-order valence-electron chi connectivity index (χ3n) is 2.98. The second-order valence-electron chi connectivity index (χ2n) is 4.61. The monoisotopic (exact) mass is 255 g/mol. The van der Waals surface area contributed by atoms with Crippen LogP contribution >= 0.6 is 11.3 Å². The molecule has 0 spiro atoms. The van der Waals surface area contributed by atoms with Gasteiger partial charge in [0.25, 0.3) is 0 Å². The van der Waals surface area contributed by atoms with E-state index in [2.05, 4.69) is 17.1 Å². The molecule has 0 aliphatic rings. The van der Waals surface area contributed by atoms with E-state index in [9.17, 15) is 0 Å². The summed E-state index contributed by atoms with van der Waals surface area (Å²) < 4.78 is 0. The highest BCUT2D eigenvalue weighted by atomic mass is 32.1. The summed E-state index contributed by atoms with van der Waals surface area (Å²) in [6.07, 6.45) is 13.3. The Balaban J connectivity index is 1.84. The first-order chi connectivity index (χ1) is 8.33. The minimum absolute atomic E-state index is 0.593. The van der Waals surface area contributed by atoms with Gasteiger partial charge in [0, 0.05) is 6.42 Å². The van der Waals surface area contributed by atoms with Gasteiger partial charge in [0.2, 0.25) is 5.13 Å². The molecule has 1 rings (SSSR count). The molecule has 0 aliphatic carbocycles. The standard InChI is InChI=1S/C13H25N3S/c1-2-3-4-5-6-7-8-9-10-11-12-15-16-13(14)17-12/h2-11H2,1H3,(H2,14,16). The van der Waals surface area contributed by atoms with Crippen molar-refractivity contribution in [1.29, 1.82) is 0 Å². The molecule has 4 heteroatoms.